The summed E-state index contributed by atoms with van der Waals surface area (Å²) in [7, 11) is 0. The molecule has 9 aromatic carbocycles. The first-order valence-corrected chi connectivity index (χ1v) is 17.3. The molecule has 234 valence electrons. The van der Waals surface area contributed by atoms with E-state index in [-0.39, 0.29) is 0 Å². The largest absolute Gasteiger partial charge is 0.0622 e. The smallest absolute Gasteiger partial charge is 0.00261 e. The number of benzene rings is 9. The molecule has 0 bridgehead atoms. The minimum absolute atomic E-state index is 1.21. The van der Waals surface area contributed by atoms with Crippen molar-refractivity contribution in [3.63, 3.8) is 0 Å². The molecule has 0 saturated carbocycles. The summed E-state index contributed by atoms with van der Waals surface area (Å²) in [6.07, 6.45) is 0. The Morgan fingerprint density at radius 3 is 0.720 bits per heavy atom. The minimum Gasteiger partial charge on any atom is -0.0622 e. The summed E-state index contributed by atoms with van der Waals surface area (Å²) in [6.45, 7) is 0. The SMILES string of the molecule is c1ccc(-c2ccc(-c3c4ccc(-c5ccccc5)cc4c(-c4ccc(-c5ccccc5)cc4)c4ccc(-c5ccccc5)cc34)cc2)cc1. The number of hydrogen-bond acceptors (Lipinski definition) is 0. The first-order chi connectivity index (χ1) is 24.8. The Hall–Kier alpha value is -6.50. The summed E-state index contributed by atoms with van der Waals surface area (Å²) in [6, 6.07) is 75.0. The van der Waals surface area contributed by atoms with E-state index in [1.807, 2.05) is 0 Å². The van der Waals surface area contributed by atoms with Gasteiger partial charge in [-0.3, -0.25) is 0 Å². The van der Waals surface area contributed by atoms with Crippen molar-refractivity contribution >= 4 is 21.5 Å². The second-order valence-corrected chi connectivity index (χ2v) is 12.9. The fourth-order valence-electron chi connectivity index (χ4n) is 7.39. The molecule has 9 rings (SSSR count). The molecular formula is C50H34. The van der Waals surface area contributed by atoms with Gasteiger partial charge in [0.2, 0.25) is 0 Å². The quantitative estimate of drug-likeness (QED) is 0.160. The van der Waals surface area contributed by atoms with E-state index in [9.17, 15) is 0 Å². The molecule has 0 aliphatic heterocycles. The monoisotopic (exact) mass is 634 g/mol. The van der Waals surface area contributed by atoms with E-state index in [2.05, 4.69) is 206 Å². The van der Waals surface area contributed by atoms with Crippen LogP contribution in [0.3, 0.4) is 0 Å². The number of fused-ring (bicyclic) bond motifs is 2. The van der Waals surface area contributed by atoms with Gasteiger partial charge < -0.3 is 0 Å². The summed E-state index contributed by atoms with van der Waals surface area (Å²) >= 11 is 0. The van der Waals surface area contributed by atoms with Gasteiger partial charge in [-0.05, 0) is 100 Å². The van der Waals surface area contributed by atoms with Gasteiger partial charge in [0.1, 0.15) is 0 Å². The van der Waals surface area contributed by atoms with Crippen molar-refractivity contribution in [2.24, 2.45) is 0 Å². The fraction of sp³-hybridized carbons (Fsp3) is 0. The van der Waals surface area contributed by atoms with Gasteiger partial charge in [0, 0.05) is 0 Å². The Kier molecular flexibility index (Phi) is 7.61. The summed E-state index contributed by atoms with van der Waals surface area (Å²) in [5.41, 5.74) is 14.7. The molecule has 0 atom stereocenters. The van der Waals surface area contributed by atoms with Crippen LogP contribution >= 0.6 is 0 Å². The molecule has 9 aromatic rings. The maximum absolute atomic E-state index is 2.40. The van der Waals surface area contributed by atoms with Crippen LogP contribution in [-0.2, 0) is 0 Å². The zero-order chi connectivity index (χ0) is 33.3. The van der Waals surface area contributed by atoms with Gasteiger partial charge in [-0.1, -0.05) is 194 Å². The first-order valence-electron chi connectivity index (χ1n) is 17.3. The molecule has 0 spiro atoms. The van der Waals surface area contributed by atoms with Crippen LogP contribution in [0, 0.1) is 0 Å². The summed E-state index contributed by atoms with van der Waals surface area (Å²) in [4.78, 5) is 0. The lowest BCUT2D eigenvalue weighted by Crippen LogP contribution is -1.93. The highest BCUT2D eigenvalue weighted by molar-refractivity contribution is 6.22. The molecule has 0 saturated heterocycles. The topological polar surface area (TPSA) is 0 Å². The molecule has 0 fully saturated rings. The van der Waals surface area contributed by atoms with Crippen molar-refractivity contribution in [1.29, 1.82) is 0 Å². The molecule has 0 aliphatic carbocycles. The number of hydrogen-bond donors (Lipinski definition) is 0. The predicted octanol–water partition coefficient (Wildman–Crippen LogP) is 14.0. The van der Waals surface area contributed by atoms with Crippen molar-refractivity contribution in [2.75, 3.05) is 0 Å². The lowest BCUT2D eigenvalue weighted by atomic mass is 9.83. The molecule has 0 unspecified atom stereocenters. The summed E-state index contributed by atoms with van der Waals surface area (Å²) in [5.74, 6) is 0. The van der Waals surface area contributed by atoms with Crippen LogP contribution in [0.2, 0.25) is 0 Å². The lowest BCUT2D eigenvalue weighted by molar-refractivity contribution is 1.59. The molecule has 0 heterocycles. The third-order valence-electron chi connectivity index (χ3n) is 9.89. The highest BCUT2D eigenvalue weighted by Gasteiger charge is 2.19. The second kappa shape index (κ2) is 12.8. The van der Waals surface area contributed by atoms with Gasteiger partial charge in [-0.15, -0.1) is 0 Å². The van der Waals surface area contributed by atoms with Gasteiger partial charge in [-0.2, -0.15) is 0 Å². The van der Waals surface area contributed by atoms with E-state index in [1.165, 1.54) is 88.3 Å². The highest BCUT2D eigenvalue weighted by atomic mass is 14.2. The molecule has 0 radical (unpaired) electrons. The van der Waals surface area contributed by atoms with Crippen LogP contribution in [0.15, 0.2) is 206 Å². The zero-order valence-electron chi connectivity index (χ0n) is 27.6. The summed E-state index contributed by atoms with van der Waals surface area (Å²) < 4.78 is 0. The Bertz CT molecular complexity index is 2380. The minimum atomic E-state index is 1.21. The van der Waals surface area contributed by atoms with Crippen molar-refractivity contribution in [1.82, 2.24) is 0 Å². The maximum Gasteiger partial charge on any atom is -0.00261 e. The van der Waals surface area contributed by atoms with Gasteiger partial charge >= 0.3 is 0 Å². The molecule has 0 amide bonds. The van der Waals surface area contributed by atoms with Crippen molar-refractivity contribution in [2.45, 2.75) is 0 Å². The molecule has 0 aliphatic rings. The molecule has 0 nitrogen and oxygen atoms in total. The zero-order valence-corrected chi connectivity index (χ0v) is 27.6. The molecule has 50 heavy (non-hydrogen) atoms. The van der Waals surface area contributed by atoms with E-state index in [1.54, 1.807) is 0 Å². The predicted molar refractivity (Wildman–Crippen MR) is 214 cm³/mol. The second-order valence-electron chi connectivity index (χ2n) is 12.9. The normalized spacial score (nSPS) is 11.2. The third kappa shape index (κ3) is 5.48. The Morgan fingerprint density at radius 1 is 0.160 bits per heavy atom. The van der Waals surface area contributed by atoms with Gasteiger partial charge in [0.15, 0.2) is 0 Å². The van der Waals surface area contributed by atoms with Gasteiger partial charge in [0.05, 0.1) is 0 Å². The van der Waals surface area contributed by atoms with E-state index >= 15 is 0 Å². The van der Waals surface area contributed by atoms with Gasteiger partial charge in [-0.25, -0.2) is 0 Å². The molecule has 0 N–H and O–H groups in total. The lowest BCUT2D eigenvalue weighted by Gasteiger charge is -2.20. The van der Waals surface area contributed by atoms with E-state index < -0.39 is 0 Å². The Morgan fingerprint density at radius 2 is 0.400 bits per heavy atom. The molecule has 0 aromatic heterocycles. The van der Waals surface area contributed by atoms with Crippen molar-refractivity contribution < 1.29 is 0 Å². The van der Waals surface area contributed by atoms with Crippen LogP contribution in [0.1, 0.15) is 0 Å². The third-order valence-corrected chi connectivity index (χ3v) is 9.89. The highest BCUT2D eigenvalue weighted by Crippen LogP contribution is 2.46. The maximum atomic E-state index is 2.40. The van der Waals surface area contributed by atoms with Crippen LogP contribution in [0.25, 0.3) is 88.3 Å². The van der Waals surface area contributed by atoms with Crippen LogP contribution in [0.5, 0.6) is 0 Å². The van der Waals surface area contributed by atoms with Gasteiger partial charge in [0.25, 0.3) is 0 Å². The molecule has 0 heteroatoms. The van der Waals surface area contributed by atoms with E-state index in [0.717, 1.165) is 0 Å². The average Bonchev–Trinajstić information content (AvgIpc) is 3.21. The van der Waals surface area contributed by atoms with Crippen LogP contribution < -0.4 is 0 Å². The summed E-state index contributed by atoms with van der Waals surface area (Å²) in [5, 5.41) is 5.00. The first kappa shape index (κ1) is 29.6. The van der Waals surface area contributed by atoms with Crippen molar-refractivity contribution in [3.05, 3.63) is 206 Å². The van der Waals surface area contributed by atoms with Crippen molar-refractivity contribution in [3.8, 4) is 66.8 Å². The van der Waals surface area contributed by atoms with E-state index in [0.29, 0.717) is 0 Å². The number of rotatable bonds is 6. The van der Waals surface area contributed by atoms with E-state index in [4.69, 9.17) is 0 Å². The standard InChI is InChI=1S/C50H34/c1-5-13-35(14-6-1)39-21-25-41(26-22-39)49-45-31-29-44(38-19-11-4-12-20-38)34-48(45)50(42-27-23-40(24-28-42)36-15-7-2-8-16-36)46-32-30-43(33-47(46)49)37-17-9-3-10-18-37/h1-34H. The van der Waals surface area contributed by atoms with Crippen LogP contribution in [-0.4, -0.2) is 0 Å². The fourth-order valence-corrected chi connectivity index (χ4v) is 7.39. The Labute approximate surface area is 293 Å². The Balaban J connectivity index is 1.34. The van der Waals surface area contributed by atoms with Crippen LogP contribution in [0.4, 0.5) is 0 Å². The average molecular weight is 635 g/mol. The molecular weight excluding hydrogens is 601 g/mol.